The van der Waals surface area contributed by atoms with Crippen molar-refractivity contribution in [3.05, 3.63) is 48.0 Å². The van der Waals surface area contributed by atoms with Crippen molar-refractivity contribution in [3.8, 4) is 17.2 Å². The molecule has 2 aliphatic rings. The molecule has 1 heterocycles. The first kappa shape index (κ1) is 20.5. The molecule has 1 fully saturated rings. The summed E-state index contributed by atoms with van der Waals surface area (Å²) in [6.07, 6.45) is 1.30. The highest BCUT2D eigenvalue weighted by atomic mass is 32.2. The fraction of sp³-hybridized carbons (Fsp3) is 0.381. The van der Waals surface area contributed by atoms with Crippen molar-refractivity contribution in [2.24, 2.45) is 0 Å². The fourth-order valence-corrected chi connectivity index (χ4v) is 4.77. The number of nitrogens with one attached hydrogen (secondary N) is 1. The average molecular weight is 432 g/mol. The Morgan fingerprint density at radius 1 is 1.20 bits per heavy atom. The maximum Gasteiger partial charge on any atom is 0.253 e. The molecule has 0 radical (unpaired) electrons. The van der Waals surface area contributed by atoms with Crippen molar-refractivity contribution in [3.63, 3.8) is 0 Å². The Hall–Kier alpha value is -2.78. The molecule has 8 nitrogen and oxygen atoms in total. The minimum absolute atomic E-state index is 0.0395. The van der Waals surface area contributed by atoms with E-state index in [1.54, 1.807) is 13.1 Å². The van der Waals surface area contributed by atoms with Crippen LogP contribution in [0.4, 0.5) is 0 Å². The molecule has 0 aromatic heterocycles. The molecule has 4 rings (SSSR count). The van der Waals surface area contributed by atoms with E-state index < -0.39 is 10.0 Å². The molecule has 0 saturated heterocycles. The first-order valence-electron chi connectivity index (χ1n) is 9.71. The molecule has 0 bridgehead atoms. The van der Waals surface area contributed by atoms with Gasteiger partial charge in [0.1, 0.15) is 17.3 Å². The van der Waals surface area contributed by atoms with Gasteiger partial charge in [-0.2, -0.15) is 0 Å². The molecular weight excluding hydrogens is 408 g/mol. The van der Waals surface area contributed by atoms with E-state index >= 15 is 0 Å². The van der Waals surface area contributed by atoms with Crippen LogP contribution in [-0.4, -0.2) is 58.7 Å². The topological polar surface area (TPSA) is 94.2 Å². The van der Waals surface area contributed by atoms with Crippen LogP contribution in [0.5, 0.6) is 17.2 Å². The van der Waals surface area contributed by atoms with Gasteiger partial charge in [0.25, 0.3) is 5.91 Å². The second-order valence-electron chi connectivity index (χ2n) is 7.44. The number of para-hydroxylation sites is 2. The third-order valence-electron chi connectivity index (χ3n) is 4.99. The molecule has 9 heteroatoms. The molecule has 2 aromatic rings. The largest absolute Gasteiger partial charge is 0.495 e. The van der Waals surface area contributed by atoms with Crippen molar-refractivity contribution in [2.75, 3.05) is 27.3 Å². The van der Waals surface area contributed by atoms with Gasteiger partial charge in [-0.25, -0.2) is 13.1 Å². The van der Waals surface area contributed by atoms with Gasteiger partial charge in [0.15, 0.2) is 17.6 Å². The minimum Gasteiger partial charge on any atom is -0.495 e. The van der Waals surface area contributed by atoms with Crippen LogP contribution in [0.3, 0.4) is 0 Å². The van der Waals surface area contributed by atoms with Crippen LogP contribution < -0.4 is 18.9 Å². The Bertz CT molecular complexity index is 1050. The summed E-state index contributed by atoms with van der Waals surface area (Å²) < 4.78 is 44.8. The maximum atomic E-state index is 13.0. The lowest BCUT2D eigenvalue weighted by Crippen LogP contribution is -2.41. The summed E-state index contributed by atoms with van der Waals surface area (Å²) in [5.41, 5.74) is 0.256. The highest BCUT2D eigenvalue weighted by molar-refractivity contribution is 7.89. The summed E-state index contributed by atoms with van der Waals surface area (Å²) in [5.74, 6) is 1.19. The highest BCUT2D eigenvalue weighted by Crippen LogP contribution is 2.31. The van der Waals surface area contributed by atoms with E-state index in [4.69, 9.17) is 14.2 Å². The molecule has 2 aromatic carbocycles. The normalized spacial score (nSPS) is 18.0. The van der Waals surface area contributed by atoms with Crippen LogP contribution in [0.2, 0.25) is 0 Å². The summed E-state index contributed by atoms with van der Waals surface area (Å²) in [6.45, 7) is 0.615. The number of carbonyl (C=O) groups excluding carboxylic acids is 1. The second kappa shape index (κ2) is 8.16. The molecular formula is C21H24N2O6S. The van der Waals surface area contributed by atoms with E-state index in [9.17, 15) is 13.2 Å². The summed E-state index contributed by atoms with van der Waals surface area (Å²) in [7, 11) is -0.727. The van der Waals surface area contributed by atoms with E-state index in [1.807, 2.05) is 24.3 Å². The number of amides is 1. The number of ether oxygens (including phenoxy) is 3. The minimum atomic E-state index is -3.77. The van der Waals surface area contributed by atoms with Gasteiger partial charge in [0, 0.05) is 18.7 Å². The van der Waals surface area contributed by atoms with Gasteiger partial charge in [-0.1, -0.05) is 12.1 Å². The van der Waals surface area contributed by atoms with Gasteiger partial charge in [-0.3, -0.25) is 4.79 Å². The van der Waals surface area contributed by atoms with E-state index in [2.05, 4.69) is 4.72 Å². The first-order valence-corrected chi connectivity index (χ1v) is 11.2. The maximum absolute atomic E-state index is 13.0. The van der Waals surface area contributed by atoms with Crippen LogP contribution in [0.15, 0.2) is 47.4 Å². The van der Waals surface area contributed by atoms with Crippen LogP contribution >= 0.6 is 0 Å². The lowest BCUT2D eigenvalue weighted by molar-refractivity contribution is 0.0521. The monoisotopic (exact) mass is 432 g/mol. The predicted molar refractivity (Wildman–Crippen MR) is 110 cm³/mol. The zero-order chi connectivity index (χ0) is 21.3. The lowest BCUT2D eigenvalue weighted by Gasteiger charge is -2.29. The summed E-state index contributed by atoms with van der Waals surface area (Å²) in [4.78, 5) is 14.4. The smallest absolute Gasteiger partial charge is 0.253 e. The molecule has 1 aliphatic heterocycles. The summed E-state index contributed by atoms with van der Waals surface area (Å²) in [5, 5.41) is 0. The molecule has 0 unspecified atom stereocenters. The Morgan fingerprint density at radius 3 is 2.63 bits per heavy atom. The number of rotatable bonds is 7. The van der Waals surface area contributed by atoms with Crippen molar-refractivity contribution in [2.45, 2.75) is 29.9 Å². The Morgan fingerprint density at radius 2 is 1.93 bits per heavy atom. The summed E-state index contributed by atoms with van der Waals surface area (Å²) in [6, 6.07) is 11.7. The van der Waals surface area contributed by atoms with Gasteiger partial charge < -0.3 is 19.1 Å². The molecule has 1 saturated carbocycles. The number of likely N-dealkylation sites (N-methyl/N-ethyl adjacent to an activating group) is 1. The molecule has 0 spiro atoms. The Balaban J connectivity index is 1.49. The molecule has 160 valence electrons. The zero-order valence-corrected chi connectivity index (χ0v) is 17.6. The van der Waals surface area contributed by atoms with Crippen molar-refractivity contribution in [1.29, 1.82) is 0 Å². The molecule has 1 aliphatic carbocycles. The van der Waals surface area contributed by atoms with Crippen molar-refractivity contribution >= 4 is 15.9 Å². The predicted octanol–water partition coefficient (Wildman–Crippen LogP) is 2.05. The van der Waals surface area contributed by atoms with Gasteiger partial charge in [0.05, 0.1) is 13.7 Å². The van der Waals surface area contributed by atoms with E-state index in [0.29, 0.717) is 24.7 Å². The molecule has 1 N–H and O–H groups in total. The number of hydrogen-bond donors (Lipinski definition) is 1. The van der Waals surface area contributed by atoms with Crippen molar-refractivity contribution < 1.29 is 27.4 Å². The zero-order valence-electron chi connectivity index (χ0n) is 16.8. The number of methoxy groups -OCH3 is 1. The lowest BCUT2D eigenvalue weighted by atomic mass is 10.2. The Labute approximate surface area is 175 Å². The van der Waals surface area contributed by atoms with Crippen LogP contribution in [0.25, 0.3) is 0 Å². The van der Waals surface area contributed by atoms with Crippen LogP contribution in [-0.2, 0) is 10.0 Å². The van der Waals surface area contributed by atoms with Gasteiger partial charge >= 0.3 is 0 Å². The standard InChI is InChI=1S/C21H24N2O6S/c1-23(12-16-13-28-17-5-3-4-6-18(17)29-16)21(24)14-7-10-19(27-2)20(11-14)30(25,26)22-15-8-9-15/h3-7,10-11,15-16,22H,8-9,12-13H2,1-2H3/t16-/m1/s1. The molecule has 1 amide bonds. The van der Waals surface area contributed by atoms with E-state index in [1.165, 1.54) is 24.1 Å². The third-order valence-corrected chi connectivity index (χ3v) is 6.53. The third kappa shape index (κ3) is 4.36. The number of hydrogen-bond acceptors (Lipinski definition) is 6. The second-order valence-corrected chi connectivity index (χ2v) is 9.13. The summed E-state index contributed by atoms with van der Waals surface area (Å²) >= 11 is 0. The van der Waals surface area contributed by atoms with Crippen LogP contribution in [0.1, 0.15) is 23.2 Å². The van der Waals surface area contributed by atoms with E-state index in [-0.39, 0.29) is 34.3 Å². The van der Waals surface area contributed by atoms with Crippen molar-refractivity contribution in [1.82, 2.24) is 9.62 Å². The SMILES string of the molecule is COc1ccc(C(=O)N(C)C[C@@H]2COc3ccccc3O2)cc1S(=O)(=O)NC1CC1. The van der Waals surface area contributed by atoms with Gasteiger partial charge in [-0.05, 0) is 43.2 Å². The van der Waals surface area contributed by atoms with Crippen LogP contribution in [0, 0.1) is 0 Å². The Kier molecular flexibility index (Phi) is 5.57. The number of fused-ring (bicyclic) bond motifs is 1. The molecule has 1 atom stereocenters. The first-order chi connectivity index (χ1) is 14.4. The average Bonchev–Trinajstić information content (AvgIpc) is 3.56. The fourth-order valence-electron chi connectivity index (χ4n) is 3.27. The van der Waals surface area contributed by atoms with E-state index in [0.717, 1.165) is 12.8 Å². The highest BCUT2D eigenvalue weighted by Gasteiger charge is 2.31. The number of sulfonamides is 1. The van der Waals surface area contributed by atoms with Gasteiger partial charge in [0.2, 0.25) is 10.0 Å². The molecule has 30 heavy (non-hydrogen) atoms. The van der Waals surface area contributed by atoms with Gasteiger partial charge in [-0.15, -0.1) is 0 Å². The number of nitrogens with zero attached hydrogens (tertiary/aromatic N) is 1. The quantitative estimate of drug-likeness (QED) is 0.720. The number of benzene rings is 2. The number of carbonyl (C=O) groups is 1.